The van der Waals surface area contributed by atoms with Gasteiger partial charge in [-0.15, -0.1) is 0 Å². The maximum Gasteiger partial charge on any atom is 0.203 e. The molecule has 0 aliphatic carbocycles. The summed E-state index contributed by atoms with van der Waals surface area (Å²) in [7, 11) is 0.601. The summed E-state index contributed by atoms with van der Waals surface area (Å²) in [6.45, 7) is 3.48. The van der Waals surface area contributed by atoms with Crippen LogP contribution in [0.3, 0.4) is 0 Å². The first-order valence-corrected chi connectivity index (χ1v) is 14.6. The number of aliphatic hydroxyl groups is 1. The molecule has 1 saturated heterocycles. The highest BCUT2D eigenvalue weighted by molar-refractivity contribution is 7.92. The van der Waals surface area contributed by atoms with Gasteiger partial charge < -0.3 is 33.5 Å². The molecule has 0 saturated carbocycles. The number of hydrogen-bond acceptors (Lipinski definition) is 10. The smallest absolute Gasteiger partial charge is 0.203 e. The molecule has 1 aliphatic rings. The minimum atomic E-state index is -4.02. The molecule has 1 fully saturated rings. The number of carbonyl (C=O) groups is 1. The number of ketones is 1. The third-order valence-electron chi connectivity index (χ3n) is 6.23. The van der Waals surface area contributed by atoms with Crippen molar-refractivity contribution in [2.24, 2.45) is 0 Å². The van der Waals surface area contributed by atoms with Crippen molar-refractivity contribution in [3.63, 3.8) is 0 Å². The first kappa shape index (κ1) is 30.5. The zero-order valence-electron chi connectivity index (χ0n) is 23.2. The predicted molar refractivity (Wildman–Crippen MR) is 144 cm³/mol. The van der Waals surface area contributed by atoms with E-state index < -0.39 is 27.5 Å². The van der Waals surface area contributed by atoms with Crippen molar-refractivity contribution in [2.75, 3.05) is 46.9 Å². The lowest BCUT2D eigenvalue weighted by atomic mass is 10.0. The van der Waals surface area contributed by atoms with E-state index in [9.17, 15) is 18.3 Å². The topological polar surface area (TPSA) is 127 Å². The molecule has 0 radical (unpaired) electrons. The van der Waals surface area contributed by atoms with Crippen molar-refractivity contribution < 1.29 is 46.7 Å². The Balaban J connectivity index is 2.03. The lowest BCUT2D eigenvalue weighted by molar-refractivity contribution is -0.114. The average molecular weight is 567 g/mol. The van der Waals surface area contributed by atoms with Gasteiger partial charge in [0, 0.05) is 13.0 Å². The summed E-state index contributed by atoms with van der Waals surface area (Å²) in [5.74, 6) is 0.654. The van der Waals surface area contributed by atoms with Crippen molar-refractivity contribution in [3.8, 4) is 28.7 Å². The van der Waals surface area contributed by atoms with E-state index in [4.69, 9.17) is 28.4 Å². The molecular formula is C28H38O10S. The molecule has 0 unspecified atom stereocenters. The van der Waals surface area contributed by atoms with E-state index in [1.54, 1.807) is 20.3 Å². The normalized spacial score (nSPS) is 17.1. The summed E-state index contributed by atoms with van der Waals surface area (Å²) in [5.41, 5.74) is 1.42. The molecular weight excluding hydrogens is 528 g/mol. The lowest BCUT2D eigenvalue weighted by Gasteiger charge is -2.21. The largest absolute Gasteiger partial charge is 0.493 e. The molecule has 216 valence electrons. The lowest BCUT2D eigenvalue weighted by Crippen LogP contribution is -2.16. The van der Waals surface area contributed by atoms with Crippen LogP contribution in [0.25, 0.3) is 0 Å². The highest BCUT2D eigenvalue weighted by atomic mass is 32.2. The molecule has 2 atom stereocenters. The van der Waals surface area contributed by atoms with Crippen LogP contribution in [0.15, 0.2) is 29.2 Å². The average Bonchev–Trinajstić information content (AvgIpc) is 3.41. The quantitative estimate of drug-likeness (QED) is 0.313. The second-order valence-corrected chi connectivity index (χ2v) is 11.2. The van der Waals surface area contributed by atoms with E-state index in [-0.39, 0.29) is 42.3 Å². The Morgan fingerprint density at radius 1 is 0.897 bits per heavy atom. The van der Waals surface area contributed by atoms with Crippen LogP contribution in [-0.2, 0) is 19.4 Å². The van der Waals surface area contributed by atoms with Crippen LogP contribution < -0.4 is 23.7 Å². The van der Waals surface area contributed by atoms with Crippen molar-refractivity contribution in [1.29, 1.82) is 0 Å². The van der Waals surface area contributed by atoms with Gasteiger partial charge in [-0.1, -0.05) is 6.92 Å². The summed E-state index contributed by atoms with van der Waals surface area (Å²) < 4.78 is 61.1. The summed E-state index contributed by atoms with van der Waals surface area (Å²) in [4.78, 5) is 11.7. The summed E-state index contributed by atoms with van der Waals surface area (Å²) in [6.07, 6.45) is 1.52. The van der Waals surface area contributed by atoms with Crippen LogP contribution in [0, 0.1) is 0 Å². The van der Waals surface area contributed by atoms with Crippen molar-refractivity contribution in [1.82, 2.24) is 0 Å². The Labute approximate surface area is 230 Å². The van der Waals surface area contributed by atoms with Gasteiger partial charge in [-0.2, -0.15) is 0 Å². The Hall–Kier alpha value is -3.02. The second-order valence-electron chi connectivity index (χ2n) is 9.23. The Morgan fingerprint density at radius 2 is 1.49 bits per heavy atom. The van der Waals surface area contributed by atoms with Gasteiger partial charge in [0.05, 0.1) is 46.8 Å². The fourth-order valence-electron chi connectivity index (χ4n) is 4.47. The van der Waals surface area contributed by atoms with Crippen LogP contribution >= 0.6 is 0 Å². The number of methoxy groups -OCH3 is 3. The number of benzene rings is 2. The predicted octanol–water partition coefficient (Wildman–Crippen LogP) is 4.22. The number of aliphatic hydroxyl groups excluding tert-OH is 1. The molecule has 0 amide bonds. The van der Waals surface area contributed by atoms with Gasteiger partial charge in [-0.25, -0.2) is 8.42 Å². The van der Waals surface area contributed by atoms with Gasteiger partial charge in [-0.05, 0) is 61.6 Å². The molecule has 2 aromatic rings. The number of hydrogen-bond donors (Lipinski definition) is 1. The number of carbonyl (C=O) groups excluding carboxylic acids is 1. The number of Topliss-reactive ketones (excluding diaryl/α,β-unsaturated/α-hetero) is 1. The van der Waals surface area contributed by atoms with Crippen molar-refractivity contribution in [3.05, 3.63) is 35.4 Å². The fraction of sp³-hybridized carbons (Fsp3) is 0.536. The monoisotopic (exact) mass is 566 g/mol. The van der Waals surface area contributed by atoms with Gasteiger partial charge in [0.15, 0.2) is 32.8 Å². The van der Waals surface area contributed by atoms with Crippen LogP contribution in [0.4, 0.5) is 0 Å². The second kappa shape index (κ2) is 13.9. The third kappa shape index (κ3) is 7.34. The fourth-order valence-corrected chi connectivity index (χ4v) is 5.92. The Morgan fingerprint density at radius 3 is 2.00 bits per heavy atom. The first-order chi connectivity index (χ1) is 18.7. The van der Waals surface area contributed by atoms with Gasteiger partial charge in [-0.3, -0.25) is 4.79 Å². The molecule has 1 N–H and O–H groups in total. The van der Waals surface area contributed by atoms with E-state index in [1.165, 1.54) is 20.1 Å². The van der Waals surface area contributed by atoms with E-state index >= 15 is 0 Å². The highest BCUT2D eigenvalue weighted by Gasteiger charge is 2.33. The van der Waals surface area contributed by atoms with Gasteiger partial charge >= 0.3 is 0 Å². The highest BCUT2D eigenvalue weighted by Crippen LogP contribution is 2.48. The molecule has 1 aliphatic heterocycles. The first-order valence-electron chi connectivity index (χ1n) is 12.9. The summed E-state index contributed by atoms with van der Waals surface area (Å²) in [5, 5.41) is 9.22. The Kier molecular flexibility index (Phi) is 10.8. The van der Waals surface area contributed by atoms with Crippen LogP contribution in [0.1, 0.15) is 62.9 Å². The summed E-state index contributed by atoms with van der Waals surface area (Å²) >= 11 is 0. The third-order valence-corrected chi connectivity index (χ3v) is 7.99. The van der Waals surface area contributed by atoms with Crippen LogP contribution in [0.2, 0.25) is 0 Å². The maximum absolute atomic E-state index is 13.3. The summed E-state index contributed by atoms with van der Waals surface area (Å²) in [6, 6.07) is 6.91. The minimum Gasteiger partial charge on any atom is -0.493 e. The van der Waals surface area contributed by atoms with E-state index in [0.717, 1.165) is 5.56 Å². The number of rotatable bonds is 15. The molecule has 1 heterocycles. The SMILES string of the molecule is CCCOc1c(OCCCO)cc([C@H]2CC[C@H](c3cc(OC)c(OC)c(OC)c3)O2)cc1S(=O)(=O)CC(C)=O. The van der Waals surface area contributed by atoms with Crippen LogP contribution in [0.5, 0.6) is 28.7 Å². The molecule has 3 rings (SSSR count). The number of sulfone groups is 1. The zero-order valence-corrected chi connectivity index (χ0v) is 24.0. The molecule has 10 nitrogen and oxygen atoms in total. The molecule has 0 spiro atoms. The van der Waals surface area contributed by atoms with E-state index in [0.29, 0.717) is 48.5 Å². The number of ether oxygens (including phenoxy) is 6. The van der Waals surface area contributed by atoms with E-state index in [2.05, 4.69) is 0 Å². The van der Waals surface area contributed by atoms with Crippen molar-refractivity contribution >= 4 is 15.6 Å². The van der Waals surface area contributed by atoms with Gasteiger partial charge in [0.25, 0.3) is 0 Å². The molecule has 11 heteroatoms. The zero-order chi connectivity index (χ0) is 28.6. The molecule has 0 aromatic heterocycles. The Bertz CT molecular complexity index is 1220. The van der Waals surface area contributed by atoms with Gasteiger partial charge in [0.1, 0.15) is 16.4 Å². The van der Waals surface area contributed by atoms with Gasteiger partial charge in [0.2, 0.25) is 5.75 Å². The van der Waals surface area contributed by atoms with E-state index in [1.807, 2.05) is 19.1 Å². The van der Waals surface area contributed by atoms with Crippen molar-refractivity contribution in [2.45, 2.75) is 56.6 Å². The maximum atomic E-state index is 13.3. The molecule has 39 heavy (non-hydrogen) atoms. The standard InChI is InChI=1S/C28H38O10S/c1-6-11-37-28-25(36-12-7-10-29)15-20(16-26(28)39(31,32)17-18(2)30)22-9-8-21(38-22)19-13-23(33-3)27(35-5)24(14-19)34-4/h13-16,21-22,29H,6-12,17H2,1-5H3/t21-,22-/m1/s1. The molecule has 2 aromatic carbocycles. The molecule has 0 bridgehead atoms. The minimum absolute atomic E-state index is 0.0685. The van der Waals surface area contributed by atoms with Crippen LogP contribution in [-0.4, -0.2) is 66.2 Å².